The van der Waals surface area contributed by atoms with Crippen molar-refractivity contribution in [2.24, 2.45) is 11.8 Å². The number of Topliss-reactive ketones (excluding diaryl/α,β-unsaturated/α-hetero) is 1. The molecule has 3 saturated carbocycles. The molecule has 1 atom stereocenters. The van der Waals surface area contributed by atoms with Crippen molar-refractivity contribution in [2.45, 2.75) is 123 Å². The Morgan fingerprint density at radius 3 is 1.63 bits per heavy atom. The minimum absolute atomic E-state index is 0.321. The second-order valence-electron chi connectivity index (χ2n) is 10.1. The maximum Gasteiger partial charge on any atom is 0.135 e. The SMILES string of the molecule is CC1(O)CCCCC1.CC1CCCCC1.CC1CCCCC1=O.Cc1ccccc1. The third-order valence-corrected chi connectivity index (χ3v) is 6.62. The van der Waals surface area contributed by atoms with Crippen molar-refractivity contribution in [3.05, 3.63) is 35.9 Å². The molecule has 0 saturated heterocycles. The van der Waals surface area contributed by atoms with Crippen LogP contribution in [-0.4, -0.2) is 16.5 Å². The van der Waals surface area contributed by atoms with Gasteiger partial charge in [-0.3, -0.25) is 4.79 Å². The summed E-state index contributed by atoms with van der Waals surface area (Å²) in [6.45, 7) is 8.41. The number of aliphatic hydroxyl groups is 1. The van der Waals surface area contributed by atoms with E-state index in [0.29, 0.717) is 11.7 Å². The van der Waals surface area contributed by atoms with Crippen LogP contribution in [0.1, 0.15) is 116 Å². The van der Waals surface area contributed by atoms with Crippen molar-refractivity contribution in [1.82, 2.24) is 0 Å². The Bertz CT molecular complexity index is 535. The Hall–Kier alpha value is -1.15. The monoisotopic (exact) mass is 416 g/mol. The van der Waals surface area contributed by atoms with Crippen LogP contribution in [0.4, 0.5) is 0 Å². The molecule has 3 aliphatic carbocycles. The summed E-state index contributed by atoms with van der Waals surface area (Å²) in [5.41, 5.74) is 1.00. The highest BCUT2D eigenvalue weighted by Gasteiger charge is 2.22. The van der Waals surface area contributed by atoms with E-state index < -0.39 is 0 Å². The summed E-state index contributed by atoms with van der Waals surface area (Å²) < 4.78 is 0. The van der Waals surface area contributed by atoms with E-state index >= 15 is 0 Å². The summed E-state index contributed by atoms with van der Waals surface area (Å²) in [7, 11) is 0. The van der Waals surface area contributed by atoms with Gasteiger partial charge in [-0.2, -0.15) is 0 Å². The van der Waals surface area contributed by atoms with Gasteiger partial charge < -0.3 is 5.11 Å². The first kappa shape index (κ1) is 26.9. The van der Waals surface area contributed by atoms with E-state index in [1.54, 1.807) is 0 Å². The number of carbonyl (C=O) groups excluding carboxylic acids is 1. The molecule has 1 aromatic carbocycles. The van der Waals surface area contributed by atoms with Gasteiger partial charge in [-0.25, -0.2) is 0 Å². The molecular formula is C28H48O2. The maximum atomic E-state index is 10.8. The number of carbonyl (C=O) groups is 1. The topological polar surface area (TPSA) is 37.3 Å². The average molecular weight is 417 g/mol. The molecule has 2 heteroatoms. The van der Waals surface area contributed by atoms with Gasteiger partial charge in [0.25, 0.3) is 0 Å². The molecule has 1 unspecified atom stereocenters. The van der Waals surface area contributed by atoms with Crippen molar-refractivity contribution in [3.63, 3.8) is 0 Å². The Morgan fingerprint density at radius 1 is 0.800 bits per heavy atom. The van der Waals surface area contributed by atoms with E-state index in [-0.39, 0.29) is 5.60 Å². The van der Waals surface area contributed by atoms with Crippen LogP contribution in [0.25, 0.3) is 0 Å². The number of hydrogen-bond acceptors (Lipinski definition) is 2. The van der Waals surface area contributed by atoms with Gasteiger partial charge in [0.05, 0.1) is 5.60 Å². The highest BCUT2D eigenvalue weighted by Crippen LogP contribution is 2.26. The Labute approximate surface area is 186 Å². The van der Waals surface area contributed by atoms with Crippen molar-refractivity contribution in [3.8, 4) is 0 Å². The van der Waals surface area contributed by atoms with Crippen molar-refractivity contribution >= 4 is 5.78 Å². The number of hydrogen-bond donors (Lipinski definition) is 1. The normalized spacial score (nSPS) is 23.5. The van der Waals surface area contributed by atoms with Gasteiger partial charge in [0.15, 0.2) is 0 Å². The number of aryl methyl sites for hydroxylation is 1. The fourth-order valence-corrected chi connectivity index (χ4v) is 4.31. The fraction of sp³-hybridized carbons (Fsp3) is 0.750. The van der Waals surface area contributed by atoms with E-state index in [0.717, 1.165) is 38.0 Å². The average Bonchev–Trinajstić information content (AvgIpc) is 2.73. The zero-order valence-corrected chi connectivity index (χ0v) is 20.3. The lowest BCUT2D eigenvalue weighted by molar-refractivity contribution is -0.123. The molecular weight excluding hydrogens is 368 g/mol. The Balaban J connectivity index is 0.000000200. The summed E-state index contributed by atoms with van der Waals surface area (Å²) in [4.78, 5) is 10.8. The molecule has 0 amide bonds. The minimum atomic E-state index is -0.321. The van der Waals surface area contributed by atoms with E-state index in [1.165, 1.54) is 63.4 Å². The standard InChI is InChI=1S/C7H14O.C7H12O.C7H14.C7H8/c1-7(8)5-3-2-4-6-7;1-6-4-2-3-5-7(6)8;2*1-7-5-3-2-4-6-7/h8H,2-6H2,1H3;6H,2-5H2,1H3;7H,2-6H2,1H3;2-6H,1H3. The molecule has 0 heterocycles. The molecule has 1 aromatic rings. The van der Waals surface area contributed by atoms with Crippen molar-refractivity contribution in [1.29, 1.82) is 0 Å². The molecule has 172 valence electrons. The van der Waals surface area contributed by atoms with Gasteiger partial charge in [-0.1, -0.05) is 108 Å². The lowest BCUT2D eigenvalue weighted by Gasteiger charge is -2.27. The van der Waals surface area contributed by atoms with Gasteiger partial charge >= 0.3 is 0 Å². The van der Waals surface area contributed by atoms with Crippen LogP contribution in [0.3, 0.4) is 0 Å². The smallest absolute Gasteiger partial charge is 0.135 e. The molecule has 2 nitrogen and oxygen atoms in total. The third-order valence-electron chi connectivity index (χ3n) is 6.62. The molecule has 0 aliphatic heterocycles. The largest absolute Gasteiger partial charge is 0.390 e. The predicted octanol–water partition coefficient (Wildman–Crippen LogP) is 8.05. The highest BCUT2D eigenvalue weighted by atomic mass is 16.3. The summed E-state index contributed by atoms with van der Waals surface area (Å²) in [6.07, 6.45) is 17.5. The number of ketones is 1. The van der Waals surface area contributed by atoms with Crippen LogP contribution in [0, 0.1) is 18.8 Å². The Morgan fingerprint density at radius 2 is 1.33 bits per heavy atom. The molecule has 0 bridgehead atoms. The van der Waals surface area contributed by atoms with Gasteiger partial charge in [0.2, 0.25) is 0 Å². The Kier molecular flexibility index (Phi) is 14.0. The van der Waals surface area contributed by atoms with E-state index in [2.05, 4.69) is 26.0 Å². The molecule has 0 aromatic heterocycles. The van der Waals surface area contributed by atoms with Crippen LogP contribution in [0.5, 0.6) is 0 Å². The van der Waals surface area contributed by atoms with Crippen LogP contribution in [0.15, 0.2) is 30.3 Å². The molecule has 0 spiro atoms. The minimum Gasteiger partial charge on any atom is -0.390 e. The molecule has 30 heavy (non-hydrogen) atoms. The quantitative estimate of drug-likeness (QED) is 0.464. The number of rotatable bonds is 0. The van der Waals surface area contributed by atoms with Crippen molar-refractivity contribution in [2.75, 3.05) is 0 Å². The van der Waals surface area contributed by atoms with E-state index in [4.69, 9.17) is 0 Å². The summed E-state index contributed by atoms with van der Waals surface area (Å²) in [5.74, 6) is 1.87. The highest BCUT2D eigenvalue weighted by molar-refractivity contribution is 5.81. The predicted molar refractivity (Wildman–Crippen MR) is 130 cm³/mol. The second kappa shape index (κ2) is 15.6. The summed E-state index contributed by atoms with van der Waals surface area (Å²) in [6, 6.07) is 10.3. The van der Waals surface area contributed by atoms with Crippen LogP contribution >= 0.6 is 0 Å². The molecule has 3 fully saturated rings. The number of benzene rings is 1. The van der Waals surface area contributed by atoms with Crippen molar-refractivity contribution < 1.29 is 9.90 Å². The van der Waals surface area contributed by atoms with E-state index in [9.17, 15) is 9.90 Å². The second-order valence-corrected chi connectivity index (χ2v) is 10.1. The lowest BCUT2D eigenvalue weighted by atomic mass is 9.87. The molecule has 4 rings (SSSR count). The van der Waals surface area contributed by atoms with E-state index in [1.807, 2.05) is 32.0 Å². The van der Waals surface area contributed by atoms with Gasteiger partial charge in [0.1, 0.15) is 5.78 Å². The van der Waals surface area contributed by atoms with Crippen LogP contribution in [0.2, 0.25) is 0 Å². The third kappa shape index (κ3) is 14.0. The first-order valence-electron chi connectivity index (χ1n) is 12.6. The first-order chi connectivity index (χ1) is 14.3. The zero-order chi connectivity index (χ0) is 22.2. The van der Waals surface area contributed by atoms with Gasteiger partial charge in [0, 0.05) is 12.3 Å². The van der Waals surface area contributed by atoms with Crippen LogP contribution in [-0.2, 0) is 4.79 Å². The molecule has 0 radical (unpaired) electrons. The zero-order valence-electron chi connectivity index (χ0n) is 20.3. The first-order valence-corrected chi connectivity index (χ1v) is 12.6. The summed E-state index contributed by atoms with van der Waals surface area (Å²) in [5, 5.41) is 9.37. The van der Waals surface area contributed by atoms with Crippen LogP contribution < -0.4 is 0 Å². The van der Waals surface area contributed by atoms with Gasteiger partial charge in [-0.05, 0) is 45.4 Å². The lowest BCUT2D eigenvalue weighted by Crippen LogP contribution is -2.26. The van der Waals surface area contributed by atoms with Gasteiger partial charge in [-0.15, -0.1) is 0 Å². The summed E-state index contributed by atoms with van der Waals surface area (Å²) >= 11 is 0. The maximum absolute atomic E-state index is 10.8. The molecule has 3 aliphatic rings. The molecule has 1 N–H and O–H groups in total. The fourth-order valence-electron chi connectivity index (χ4n) is 4.31.